The third kappa shape index (κ3) is 2.59. The van der Waals surface area contributed by atoms with E-state index in [1.165, 1.54) is 0 Å². The van der Waals surface area contributed by atoms with E-state index in [0.717, 1.165) is 6.07 Å². The standard InChI is InChI=1S/C16H23F2NO/c1-8-6-12(14(18)7-13(8)17)16(19-5)15-9(2)10(3)20-11(15)4/h6-7,9-11,15-16,19H,1-5H3. The highest BCUT2D eigenvalue weighted by Gasteiger charge is 2.42. The maximum absolute atomic E-state index is 14.2. The number of hydrogen-bond donors (Lipinski definition) is 1. The van der Waals surface area contributed by atoms with Gasteiger partial charge in [-0.2, -0.15) is 0 Å². The van der Waals surface area contributed by atoms with E-state index in [1.807, 2.05) is 20.9 Å². The minimum absolute atomic E-state index is 0.0437. The molecule has 1 heterocycles. The van der Waals surface area contributed by atoms with Crippen LogP contribution in [0.15, 0.2) is 12.1 Å². The highest BCUT2D eigenvalue weighted by atomic mass is 19.1. The van der Waals surface area contributed by atoms with E-state index in [4.69, 9.17) is 4.74 Å². The van der Waals surface area contributed by atoms with Crippen LogP contribution >= 0.6 is 0 Å². The number of rotatable bonds is 3. The molecule has 1 aliphatic rings. The Hall–Kier alpha value is -1.00. The van der Waals surface area contributed by atoms with Crippen molar-refractivity contribution in [1.29, 1.82) is 0 Å². The highest BCUT2D eigenvalue weighted by molar-refractivity contribution is 5.29. The fourth-order valence-electron chi connectivity index (χ4n) is 3.34. The summed E-state index contributed by atoms with van der Waals surface area (Å²) >= 11 is 0. The summed E-state index contributed by atoms with van der Waals surface area (Å²) in [5.41, 5.74) is 0.988. The SMILES string of the molecule is CNC(c1cc(C)c(F)cc1F)C1C(C)OC(C)C1C. The summed E-state index contributed by atoms with van der Waals surface area (Å²) in [6.07, 6.45) is 0.192. The van der Waals surface area contributed by atoms with Crippen LogP contribution in [0.4, 0.5) is 8.78 Å². The zero-order valence-corrected chi connectivity index (χ0v) is 12.7. The molecule has 2 nitrogen and oxygen atoms in total. The summed E-state index contributed by atoms with van der Waals surface area (Å²) in [6.45, 7) is 7.84. The molecule has 0 radical (unpaired) electrons. The van der Waals surface area contributed by atoms with Crippen molar-refractivity contribution in [2.45, 2.75) is 45.9 Å². The van der Waals surface area contributed by atoms with Crippen molar-refractivity contribution in [3.63, 3.8) is 0 Å². The molecule has 0 amide bonds. The van der Waals surface area contributed by atoms with Gasteiger partial charge in [-0.25, -0.2) is 8.78 Å². The topological polar surface area (TPSA) is 21.3 Å². The van der Waals surface area contributed by atoms with Gasteiger partial charge in [0, 0.05) is 23.6 Å². The summed E-state index contributed by atoms with van der Waals surface area (Å²) in [6, 6.07) is 2.40. The normalized spacial score (nSPS) is 31.6. The molecule has 0 spiro atoms. The van der Waals surface area contributed by atoms with Gasteiger partial charge in [-0.3, -0.25) is 0 Å². The van der Waals surface area contributed by atoms with E-state index >= 15 is 0 Å². The van der Waals surface area contributed by atoms with Gasteiger partial charge in [-0.05, 0) is 45.4 Å². The van der Waals surface area contributed by atoms with Gasteiger partial charge in [0.2, 0.25) is 0 Å². The molecule has 1 aromatic rings. The highest BCUT2D eigenvalue weighted by Crippen LogP contribution is 2.41. The Bertz CT molecular complexity index is 492. The van der Waals surface area contributed by atoms with Crippen LogP contribution in [0, 0.1) is 30.4 Å². The third-order valence-electron chi connectivity index (χ3n) is 4.63. The lowest BCUT2D eigenvalue weighted by Gasteiger charge is -2.29. The molecular formula is C16H23F2NO. The lowest BCUT2D eigenvalue weighted by atomic mass is 9.80. The van der Waals surface area contributed by atoms with Gasteiger partial charge in [0.25, 0.3) is 0 Å². The van der Waals surface area contributed by atoms with E-state index in [-0.39, 0.29) is 24.2 Å². The van der Waals surface area contributed by atoms with Crippen molar-refractivity contribution in [2.24, 2.45) is 11.8 Å². The molecule has 1 aromatic carbocycles. The molecule has 1 fully saturated rings. The lowest BCUT2D eigenvalue weighted by Crippen LogP contribution is -2.33. The van der Waals surface area contributed by atoms with Gasteiger partial charge in [0.15, 0.2) is 0 Å². The second-order valence-electron chi connectivity index (χ2n) is 5.87. The molecule has 1 aliphatic heterocycles. The Kier molecular flexibility index (Phi) is 4.45. The quantitative estimate of drug-likeness (QED) is 0.915. The number of ether oxygens (including phenoxy) is 1. The van der Waals surface area contributed by atoms with Crippen LogP contribution < -0.4 is 5.32 Å². The minimum Gasteiger partial charge on any atom is -0.375 e. The van der Waals surface area contributed by atoms with E-state index in [2.05, 4.69) is 12.2 Å². The van der Waals surface area contributed by atoms with Crippen LogP contribution in [0.5, 0.6) is 0 Å². The lowest BCUT2D eigenvalue weighted by molar-refractivity contribution is 0.0477. The minimum atomic E-state index is -0.502. The smallest absolute Gasteiger partial charge is 0.130 e. The van der Waals surface area contributed by atoms with Gasteiger partial charge in [-0.1, -0.05) is 6.92 Å². The number of halogens is 2. The molecule has 5 atom stereocenters. The molecule has 5 unspecified atom stereocenters. The second-order valence-corrected chi connectivity index (χ2v) is 5.87. The van der Waals surface area contributed by atoms with Crippen molar-refractivity contribution in [1.82, 2.24) is 5.32 Å². The molecule has 0 aliphatic carbocycles. The van der Waals surface area contributed by atoms with Crippen LogP contribution in [0.25, 0.3) is 0 Å². The first-order chi connectivity index (χ1) is 9.36. The van der Waals surface area contributed by atoms with Crippen LogP contribution in [0.1, 0.15) is 37.9 Å². The van der Waals surface area contributed by atoms with Gasteiger partial charge in [-0.15, -0.1) is 0 Å². The van der Waals surface area contributed by atoms with Gasteiger partial charge in [0.05, 0.1) is 12.2 Å². The summed E-state index contributed by atoms with van der Waals surface area (Å²) in [5, 5.41) is 3.19. The van der Waals surface area contributed by atoms with Crippen LogP contribution in [-0.4, -0.2) is 19.3 Å². The third-order valence-corrected chi connectivity index (χ3v) is 4.63. The Morgan fingerprint density at radius 1 is 1.10 bits per heavy atom. The van der Waals surface area contributed by atoms with Gasteiger partial charge in [0.1, 0.15) is 11.6 Å². The van der Waals surface area contributed by atoms with E-state index in [9.17, 15) is 8.78 Å². The predicted molar refractivity (Wildman–Crippen MR) is 75.6 cm³/mol. The first-order valence-electron chi connectivity index (χ1n) is 7.15. The van der Waals surface area contributed by atoms with E-state index in [0.29, 0.717) is 17.0 Å². The predicted octanol–water partition coefficient (Wildman–Crippen LogP) is 3.59. The van der Waals surface area contributed by atoms with Crippen molar-refractivity contribution < 1.29 is 13.5 Å². The molecule has 0 aromatic heterocycles. The molecule has 0 saturated carbocycles. The maximum atomic E-state index is 14.2. The fourth-order valence-corrected chi connectivity index (χ4v) is 3.34. The second kappa shape index (κ2) is 5.78. The Morgan fingerprint density at radius 3 is 2.25 bits per heavy atom. The molecule has 4 heteroatoms. The Balaban J connectivity index is 2.40. The van der Waals surface area contributed by atoms with Crippen molar-refractivity contribution in [3.8, 4) is 0 Å². The van der Waals surface area contributed by atoms with Crippen LogP contribution in [0.3, 0.4) is 0 Å². The van der Waals surface area contributed by atoms with Gasteiger partial charge >= 0.3 is 0 Å². The van der Waals surface area contributed by atoms with Crippen LogP contribution in [-0.2, 0) is 4.74 Å². The fraction of sp³-hybridized carbons (Fsp3) is 0.625. The average Bonchev–Trinajstić information content (AvgIpc) is 2.63. The molecule has 0 bridgehead atoms. The summed E-state index contributed by atoms with van der Waals surface area (Å²) in [4.78, 5) is 0. The van der Waals surface area contributed by atoms with E-state index in [1.54, 1.807) is 13.0 Å². The Labute approximate surface area is 119 Å². The number of nitrogens with one attached hydrogen (secondary N) is 1. The number of benzene rings is 1. The molecule has 1 saturated heterocycles. The monoisotopic (exact) mass is 283 g/mol. The maximum Gasteiger partial charge on any atom is 0.130 e. The van der Waals surface area contributed by atoms with E-state index < -0.39 is 11.6 Å². The molecule has 1 N–H and O–H groups in total. The van der Waals surface area contributed by atoms with Crippen LogP contribution in [0.2, 0.25) is 0 Å². The largest absolute Gasteiger partial charge is 0.375 e. The Morgan fingerprint density at radius 2 is 1.75 bits per heavy atom. The summed E-state index contributed by atoms with van der Waals surface area (Å²) < 4.78 is 33.4. The zero-order chi connectivity index (χ0) is 15.0. The summed E-state index contributed by atoms with van der Waals surface area (Å²) in [7, 11) is 1.81. The van der Waals surface area contributed by atoms with Crippen molar-refractivity contribution >= 4 is 0 Å². The number of aryl methyl sites for hydroxylation is 1. The average molecular weight is 283 g/mol. The summed E-state index contributed by atoms with van der Waals surface area (Å²) in [5.74, 6) is -0.522. The van der Waals surface area contributed by atoms with Gasteiger partial charge < -0.3 is 10.1 Å². The molecule has 112 valence electrons. The first-order valence-corrected chi connectivity index (χ1v) is 7.15. The van der Waals surface area contributed by atoms with Crippen molar-refractivity contribution in [2.75, 3.05) is 7.05 Å². The number of hydrogen-bond acceptors (Lipinski definition) is 2. The zero-order valence-electron chi connectivity index (χ0n) is 12.7. The molecular weight excluding hydrogens is 260 g/mol. The van der Waals surface area contributed by atoms with Crippen molar-refractivity contribution in [3.05, 3.63) is 34.9 Å². The molecule has 20 heavy (non-hydrogen) atoms. The first kappa shape index (κ1) is 15.4. The molecule has 2 rings (SSSR count).